The molecular formula is C29H43N3O5S. The SMILES string of the molecule is CCCC(CCC)S(=O)(=O)C[C@@H](NC(=O)c1cccc(O)c1)C(=O)NCCCNCc1cccc(CC)c1. The second-order valence-corrected chi connectivity index (χ2v) is 11.9. The van der Waals surface area contributed by atoms with Crippen LogP contribution >= 0.6 is 0 Å². The van der Waals surface area contributed by atoms with Crippen molar-refractivity contribution in [3.8, 4) is 5.75 Å². The molecule has 9 heteroatoms. The third-order valence-electron chi connectivity index (χ3n) is 6.42. The van der Waals surface area contributed by atoms with Crippen LogP contribution in [0.1, 0.15) is 74.4 Å². The summed E-state index contributed by atoms with van der Waals surface area (Å²) < 4.78 is 26.4. The van der Waals surface area contributed by atoms with Gasteiger partial charge in [0.25, 0.3) is 5.91 Å². The van der Waals surface area contributed by atoms with Gasteiger partial charge in [0.15, 0.2) is 9.84 Å². The molecule has 4 N–H and O–H groups in total. The molecule has 210 valence electrons. The fourth-order valence-corrected chi connectivity index (χ4v) is 6.49. The van der Waals surface area contributed by atoms with Gasteiger partial charge in [-0.15, -0.1) is 0 Å². The predicted octanol–water partition coefficient (Wildman–Crippen LogP) is 3.73. The lowest BCUT2D eigenvalue weighted by atomic mass is 10.1. The molecule has 0 spiro atoms. The van der Waals surface area contributed by atoms with Crippen molar-refractivity contribution in [2.75, 3.05) is 18.8 Å². The van der Waals surface area contributed by atoms with Gasteiger partial charge in [-0.25, -0.2) is 8.42 Å². The maximum Gasteiger partial charge on any atom is 0.252 e. The second kappa shape index (κ2) is 16.1. The van der Waals surface area contributed by atoms with Gasteiger partial charge in [-0.3, -0.25) is 9.59 Å². The molecule has 1 atom stereocenters. The number of nitrogens with one attached hydrogen (secondary N) is 3. The molecule has 0 fully saturated rings. The van der Waals surface area contributed by atoms with Gasteiger partial charge in [0.2, 0.25) is 5.91 Å². The van der Waals surface area contributed by atoms with Crippen LogP contribution in [0.4, 0.5) is 0 Å². The Hall–Kier alpha value is -2.91. The summed E-state index contributed by atoms with van der Waals surface area (Å²) in [6.07, 6.45) is 4.08. The summed E-state index contributed by atoms with van der Waals surface area (Å²) in [6.45, 7) is 7.71. The summed E-state index contributed by atoms with van der Waals surface area (Å²) in [5.74, 6) is -1.72. The Balaban J connectivity index is 1.99. The number of phenols is 1. The largest absolute Gasteiger partial charge is 0.508 e. The number of aromatic hydroxyl groups is 1. The Bertz CT molecular complexity index is 1130. The highest BCUT2D eigenvalue weighted by Gasteiger charge is 2.32. The van der Waals surface area contributed by atoms with Crippen molar-refractivity contribution in [1.82, 2.24) is 16.0 Å². The first-order valence-corrected chi connectivity index (χ1v) is 15.3. The van der Waals surface area contributed by atoms with E-state index in [2.05, 4.69) is 41.1 Å². The topological polar surface area (TPSA) is 125 Å². The standard InChI is InChI=1S/C29H43N3O5S/c1-4-10-26(11-5-2)38(36,37)21-27(32-28(34)24-14-8-15-25(33)19-24)29(35)31-17-9-16-30-20-23-13-7-12-22(6-3)18-23/h7-8,12-15,18-19,26-27,30,33H,4-6,9-11,16-17,20-21H2,1-3H3,(H,31,35)(H,32,34)/t27-/m1/s1. The summed E-state index contributed by atoms with van der Waals surface area (Å²) >= 11 is 0. The van der Waals surface area contributed by atoms with Crippen molar-refractivity contribution in [3.63, 3.8) is 0 Å². The summed E-state index contributed by atoms with van der Waals surface area (Å²) in [7, 11) is -3.64. The lowest BCUT2D eigenvalue weighted by Gasteiger charge is -2.22. The van der Waals surface area contributed by atoms with Crippen LogP contribution in [0.5, 0.6) is 5.75 Å². The number of sulfone groups is 1. The Labute approximate surface area is 227 Å². The van der Waals surface area contributed by atoms with E-state index in [4.69, 9.17) is 0 Å². The number of benzene rings is 2. The van der Waals surface area contributed by atoms with Gasteiger partial charge in [-0.05, 0) is 61.6 Å². The lowest BCUT2D eigenvalue weighted by Crippen LogP contribution is -2.51. The third kappa shape index (κ3) is 10.5. The zero-order chi connectivity index (χ0) is 28.0. The van der Waals surface area contributed by atoms with Gasteiger partial charge in [-0.2, -0.15) is 0 Å². The molecule has 0 saturated heterocycles. The fourth-order valence-electron chi connectivity index (χ4n) is 4.33. The number of rotatable bonds is 17. The Morgan fingerprint density at radius 2 is 1.61 bits per heavy atom. The van der Waals surface area contributed by atoms with E-state index in [0.717, 1.165) is 13.0 Å². The number of carbonyl (C=O) groups excluding carboxylic acids is 2. The minimum atomic E-state index is -3.64. The normalized spacial score (nSPS) is 12.3. The first kappa shape index (κ1) is 31.3. The van der Waals surface area contributed by atoms with Gasteiger partial charge in [0, 0.05) is 18.7 Å². The van der Waals surface area contributed by atoms with Crippen molar-refractivity contribution >= 4 is 21.7 Å². The van der Waals surface area contributed by atoms with E-state index < -0.39 is 38.7 Å². The number of aryl methyl sites for hydroxylation is 1. The Morgan fingerprint density at radius 1 is 0.921 bits per heavy atom. The predicted molar refractivity (Wildman–Crippen MR) is 152 cm³/mol. The molecule has 8 nitrogen and oxygen atoms in total. The average molecular weight is 546 g/mol. The van der Waals surface area contributed by atoms with Crippen LogP contribution in [0.25, 0.3) is 0 Å². The van der Waals surface area contributed by atoms with E-state index in [9.17, 15) is 23.1 Å². The zero-order valence-corrected chi connectivity index (χ0v) is 23.6. The van der Waals surface area contributed by atoms with E-state index in [1.54, 1.807) is 0 Å². The molecule has 2 aromatic rings. The first-order valence-electron chi connectivity index (χ1n) is 13.6. The molecule has 2 aromatic carbocycles. The highest BCUT2D eigenvalue weighted by molar-refractivity contribution is 7.92. The van der Waals surface area contributed by atoms with Crippen molar-refractivity contribution < 1.29 is 23.1 Å². The van der Waals surface area contributed by atoms with E-state index in [1.165, 1.54) is 35.4 Å². The molecule has 2 amide bonds. The number of hydrogen-bond acceptors (Lipinski definition) is 6. The molecular weight excluding hydrogens is 502 g/mol. The molecule has 0 bridgehead atoms. The van der Waals surface area contributed by atoms with Crippen LogP contribution in [0.15, 0.2) is 48.5 Å². The van der Waals surface area contributed by atoms with E-state index in [0.29, 0.717) is 45.2 Å². The van der Waals surface area contributed by atoms with E-state index >= 15 is 0 Å². The average Bonchev–Trinajstić information content (AvgIpc) is 2.90. The highest BCUT2D eigenvalue weighted by atomic mass is 32.2. The smallest absolute Gasteiger partial charge is 0.252 e. The van der Waals surface area contributed by atoms with Crippen LogP contribution in [0, 0.1) is 0 Å². The number of carbonyl (C=O) groups is 2. The molecule has 0 aliphatic rings. The molecule has 38 heavy (non-hydrogen) atoms. The maximum atomic E-state index is 13.2. The van der Waals surface area contributed by atoms with Gasteiger partial charge in [-0.1, -0.05) is 63.9 Å². The minimum Gasteiger partial charge on any atom is -0.508 e. The summed E-state index contributed by atoms with van der Waals surface area (Å²) in [5, 5.41) is 17.9. The van der Waals surface area contributed by atoms with Gasteiger partial charge < -0.3 is 21.1 Å². The second-order valence-electron chi connectivity index (χ2n) is 9.60. The summed E-state index contributed by atoms with van der Waals surface area (Å²) in [5.41, 5.74) is 2.63. The molecule has 0 aliphatic carbocycles. The van der Waals surface area contributed by atoms with Crippen LogP contribution < -0.4 is 16.0 Å². The van der Waals surface area contributed by atoms with Crippen LogP contribution in [0.3, 0.4) is 0 Å². The molecule has 0 radical (unpaired) electrons. The first-order chi connectivity index (χ1) is 18.2. The van der Waals surface area contributed by atoms with Crippen LogP contribution in [-0.4, -0.2) is 55.5 Å². The monoisotopic (exact) mass is 545 g/mol. The summed E-state index contributed by atoms with van der Waals surface area (Å²) in [6, 6.07) is 12.9. The van der Waals surface area contributed by atoms with Crippen molar-refractivity contribution in [1.29, 1.82) is 0 Å². The minimum absolute atomic E-state index is 0.0915. The van der Waals surface area contributed by atoms with E-state index in [1.807, 2.05) is 19.9 Å². The molecule has 0 aliphatic heterocycles. The van der Waals surface area contributed by atoms with Gasteiger partial charge >= 0.3 is 0 Å². The lowest BCUT2D eigenvalue weighted by molar-refractivity contribution is -0.122. The highest BCUT2D eigenvalue weighted by Crippen LogP contribution is 2.17. The molecule has 0 unspecified atom stereocenters. The molecule has 2 rings (SSSR count). The van der Waals surface area contributed by atoms with Crippen LogP contribution in [-0.2, 0) is 27.6 Å². The maximum absolute atomic E-state index is 13.2. The summed E-state index contributed by atoms with van der Waals surface area (Å²) in [4.78, 5) is 25.9. The number of phenolic OH excluding ortho intramolecular Hbond substituents is 1. The molecule has 0 heterocycles. The van der Waals surface area contributed by atoms with Crippen LogP contribution in [0.2, 0.25) is 0 Å². The van der Waals surface area contributed by atoms with Crippen molar-refractivity contribution in [3.05, 3.63) is 65.2 Å². The molecule has 0 aromatic heterocycles. The Kier molecular flexibility index (Phi) is 13.3. The van der Waals surface area contributed by atoms with Crippen molar-refractivity contribution in [2.24, 2.45) is 0 Å². The number of hydrogen-bond donors (Lipinski definition) is 4. The van der Waals surface area contributed by atoms with Gasteiger partial charge in [0.1, 0.15) is 11.8 Å². The fraction of sp³-hybridized carbons (Fsp3) is 0.517. The van der Waals surface area contributed by atoms with E-state index in [-0.39, 0.29) is 11.3 Å². The van der Waals surface area contributed by atoms with Gasteiger partial charge in [0.05, 0.1) is 11.0 Å². The third-order valence-corrected chi connectivity index (χ3v) is 8.70. The van der Waals surface area contributed by atoms with Crippen molar-refractivity contribution in [2.45, 2.75) is 77.1 Å². The zero-order valence-electron chi connectivity index (χ0n) is 22.8. The number of amides is 2. The quantitative estimate of drug-likeness (QED) is 0.225. The molecule has 0 saturated carbocycles. The Morgan fingerprint density at radius 3 is 2.26 bits per heavy atom.